The van der Waals surface area contributed by atoms with E-state index in [1.807, 2.05) is 0 Å². The van der Waals surface area contributed by atoms with Crippen molar-refractivity contribution < 1.29 is 23.1 Å². The molecule has 1 N–H and O–H groups in total. The first-order valence-electron chi connectivity index (χ1n) is 4.22. The zero-order valence-corrected chi connectivity index (χ0v) is 7.88. The van der Waals surface area contributed by atoms with Crippen molar-refractivity contribution in [1.29, 1.82) is 0 Å². The molecular weight excluding hydrogens is 209 g/mol. The molecule has 0 spiro atoms. The molecule has 0 bridgehead atoms. The first kappa shape index (κ1) is 11.6. The first-order valence-corrected chi connectivity index (χ1v) is 4.22. The molecule has 5 heteroatoms. The highest BCUT2D eigenvalue weighted by molar-refractivity contribution is 5.76. The van der Waals surface area contributed by atoms with Crippen LogP contribution in [0, 0.1) is 5.82 Å². The summed E-state index contributed by atoms with van der Waals surface area (Å²) < 4.78 is 38.6. The van der Waals surface area contributed by atoms with Gasteiger partial charge in [0, 0.05) is 0 Å². The largest absolute Gasteiger partial charge is 0.477 e. The van der Waals surface area contributed by atoms with Gasteiger partial charge >= 0.3 is 11.9 Å². The molecule has 1 aromatic carbocycles. The first-order chi connectivity index (χ1) is 6.85. The zero-order chi connectivity index (χ0) is 11.6. The minimum atomic E-state index is -3.85. The molecule has 1 rings (SSSR count). The lowest BCUT2D eigenvalue weighted by Crippen LogP contribution is -2.34. The van der Waals surface area contributed by atoms with E-state index in [0.29, 0.717) is 0 Å². The van der Waals surface area contributed by atoms with Gasteiger partial charge in [-0.3, -0.25) is 0 Å². The van der Waals surface area contributed by atoms with E-state index in [9.17, 15) is 18.0 Å². The van der Waals surface area contributed by atoms with Gasteiger partial charge in [-0.05, 0) is 17.7 Å². The Morgan fingerprint density at radius 2 is 1.80 bits per heavy atom. The highest BCUT2D eigenvalue weighted by Gasteiger charge is 2.45. The lowest BCUT2D eigenvalue weighted by Gasteiger charge is -2.19. The van der Waals surface area contributed by atoms with Crippen LogP contribution in [0.3, 0.4) is 0 Å². The third kappa shape index (κ3) is 2.29. The number of rotatable bonds is 3. The minimum absolute atomic E-state index is 0.0869. The Bertz CT molecular complexity index is 359. The number of alkyl halides is 2. The van der Waals surface area contributed by atoms with Crippen LogP contribution in [0.4, 0.5) is 13.2 Å². The summed E-state index contributed by atoms with van der Waals surface area (Å²) in [6.45, 7) is 1.08. The highest BCUT2D eigenvalue weighted by atomic mass is 19.3. The fourth-order valence-corrected chi connectivity index (χ4v) is 1.15. The van der Waals surface area contributed by atoms with E-state index in [0.717, 1.165) is 31.2 Å². The fourth-order valence-electron chi connectivity index (χ4n) is 1.15. The van der Waals surface area contributed by atoms with Crippen LogP contribution in [0.2, 0.25) is 0 Å². The molecule has 1 unspecified atom stereocenters. The standard InChI is InChI=1S/C10H9F3O2/c1-6(10(12,13)9(14)15)7-2-4-8(11)5-3-7/h2-6H,1H3,(H,14,15). The lowest BCUT2D eigenvalue weighted by atomic mass is 9.94. The smallest absolute Gasteiger partial charge is 0.375 e. The number of benzene rings is 1. The molecule has 0 heterocycles. The Labute approximate surface area is 84.3 Å². The molecule has 2 nitrogen and oxygen atoms in total. The molecule has 1 atom stereocenters. The van der Waals surface area contributed by atoms with Crippen LogP contribution in [0.5, 0.6) is 0 Å². The Kier molecular flexibility index (Phi) is 3.02. The van der Waals surface area contributed by atoms with Crippen molar-refractivity contribution in [3.8, 4) is 0 Å². The number of hydrogen-bond donors (Lipinski definition) is 1. The normalized spacial score (nSPS) is 13.6. The lowest BCUT2D eigenvalue weighted by molar-refractivity contribution is -0.167. The maximum Gasteiger partial charge on any atom is 0.375 e. The predicted octanol–water partition coefficient (Wildman–Crippen LogP) is 2.65. The second-order valence-corrected chi connectivity index (χ2v) is 3.20. The fraction of sp³-hybridized carbons (Fsp3) is 0.300. The van der Waals surface area contributed by atoms with Gasteiger partial charge in [0.25, 0.3) is 0 Å². The number of carboxylic acid groups (broad SMARTS) is 1. The second-order valence-electron chi connectivity index (χ2n) is 3.20. The maximum atomic E-state index is 13.0. The molecular formula is C10H9F3O2. The molecule has 0 aliphatic rings. The van der Waals surface area contributed by atoms with Gasteiger partial charge in [0.2, 0.25) is 0 Å². The SMILES string of the molecule is CC(c1ccc(F)cc1)C(F)(F)C(=O)O. The van der Waals surface area contributed by atoms with Crippen LogP contribution in [-0.4, -0.2) is 17.0 Å². The van der Waals surface area contributed by atoms with Crippen LogP contribution >= 0.6 is 0 Å². The molecule has 1 aromatic rings. The van der Waals surface area contributed by atoms with Crippen LogP contribution < -0.4 is 0 Å². The Hall–Kier alpha value is -1.52. The zero-order valence-electron chi connectivity index (χ0n) is 7.88. The van der Waals surface area contributed by atoms with Crippen molar-refractivity contribution in [1.82, 2.24) is 0 Å². The summed E-state index contributed by atoms with van der Waals surface area (Å²) in [5, 5.41) is 8.30. The van der Waals surface area contributed by atoms with E-state index >= 15 is 0 Å². The van der Waals surface area contributed by atoms with E-state index in [-0.39, 0.29) is 5.56 Å². The van der Waals surface area contributed by atoms with E-state index in [1.165, 1.54) is 0 Å². The van der Waals surface area contributed by atoms with Crippen molar-refractivity contribution in [2.45, 2.75) is 18.8 Å². The van der Waals surface area contributed by atoms with Crippen LogP contribution in [0.1, 0.15) is 18.4 Å². The summed E-state index contributed by atoms with van der Waals surface area (Å²) in [6, 6.07) is 4.33. The topological polar surface area (TPSA) is 37.3 Å². The number of aliphatic carboxylic acids is 1. The van der Waals surface area contributed by atoms with E-state index < -0.39 is 23.6 Å². The Balaban J connectivity index is 2.99. The van der Waals surface area contributed by atoms with Gasteiger partial charge in [-0.2, -0.15) is 8.78 Å². The Morgan fingerprint density at radius 1 is 1.33 bits per heavy atom. The molecule has 0 saturated heterocycles. The van der Waals surface area contributed by atoms with Gasteiger partial charge < -0.3 is 5.11 Å². The summed E-state index contributed by atoms with van der Waals surface area (Å²) in [7, 11) is 0. The quantitative estimate of drug-likeness (QED) is 0.846. The third-order valence-corrected chi connectivity index (χ3v) is 2.20. The molecule has 0 radical (unpaired) electrons. The molecule has 0 aliphatic heterocycles. The van der Waals surface area contributed by atoms with Gasteiger partial charge in [-0.1, -0.05) is 19.1 Å². The molecule has 0 aliphatic carbocycles. The molecule has 0 aromatic heterocycles. The average Bonchev–Trinajstić information content (AvgIpc) is 2.17. The number of halogens is 3. The van der Waals surface area contributed by atoms with Crippen molar-refractivity contribution in [3.63, 3.8) is 0 Å². The summed E-state index contributed by atoms with van der Waals surface area (Å²) in [5.74, 6) is -8.07. The van der Waals surface area contributed by atoms with Crippen molar-refractivity contribution in [2.75, 3.05) is 0 Å². The number of carboxylic acids is 1. The van der Waals surface area contributed by atoms with Gasteiger partial charge in [-0.15, -0.1) is 0 Å². The average molecular weight is 218 g/mol. The monoisotopic (exact) mass is 218 g/mol. The summed E-state index contributed by atoms with van der Waals surface area (Å²) in [5.41, 5.74) is 0.0869. The van der Waals surface area contributed by atoms with Crippen molar-refractivity contribution in [3.05, 3.63) is 35.6 Å². The van der Waals surface area contributed by atoms with E-state index in [1.54, 1.807) is 0 Å². The van der Waals surface area contributed by atoms with Gasteiger partial charge in [0.15, 0.2) is 0 Å². The summed E-state index contributed by atoms with van der Waals surface area (Å²) in [4.78, 5) is 10.3. The minimum Gasteiger partial charge on any atom is -0.477 e. The Morgan fingerprint density at radius 3 is 2.20 bits per heavy atom. The van der Waals surface area contributed by atoms with Crippen LogP contribution in [0.25, 0.3) is 0 Å². The maximum absolute atomic E-state index is 13.0. The highest BCUT2D eigenvalue weighted by Crippen LogP contribution is 2.33. The van der Waals surface area contributed by atoms with E-state index in [4.69, 9.17) is 5.11 Å². The second kappa shape index (κ2) is 3.92. The van der Waals surface area contributed by atoms with Crippen LogP contribution in [0.15, 0.2) is 24.3 Å². The van der Waals surface area contributed by atoms with Gasteiger partial charge in [0.1, 0.15) is 5.82 Å². The third-order valence-electron chi connectivity index (χ3n) is 2.20. The van der Waals surface area contributed by atoms with Crippen molar-refractivity contribution >= 4 is 5.97 Å². The summed E-state index contributed by atoms with van der Waals surface area (Å²) in [6.07, 6.45) is 0. The predicted molar refractivity (Wildman–Crippen MR) is 47.4 cm³/mol. The van der Waals surface area contributed by atoms with Crippen molar-refractivity contribution in [2.24, 2.45) is 0 Å². The van der Waals surface area contributed by atoms with Gasteiger partial charge in [-0.25, -0.2) is 9.18 Å². The van der Waals surface area contributed by atoms with E-state index in [2.05, 4.69) is 0 Å². The molecule has 0 fully saturated rings. The molecule has 0 saturated carbocycles. The summed E-state index contributed by atoms with van der Waals surface area (Å²) >= 11 is 0. The molecule has 0 amide bonds. The number of carbonyl (C=O) groups is 1. The van der Waals surface area contributed by atoms with Crippen LogP contribution in [-0.2, 0) is 4.79 Å². The molecule has 82 valence electrons. The number of hydrogen-bond acceptors (Lipinski definition) is 1. The van der Waals surface area contributed by atoms with Gasteiger partial charge in [0.05, 0.1) is 5.92 Å². The molecule has 15 heavy (non-hydrogen) atoms.